The summed E-state index contributed by atoms with van der Waals surface area (Å²) >= 11 is 1.42. The van der Waals surface area contributed by atoms with Crippen molar-refractivity contribution in [1.82, 2.24) is 4.98 Å². The van der Waals surface area contributed by atoms with Crippen LogP contribution in [0.2, 0.25) is 0 Å². The minimum absolute atomic E-state index is 0.0514. The van der Waals surface area contributed by atoms with E-state index < -0.39 is 16.5 Å². The van der Waals surface area contributed by atoms with Crippen LogP contribution < -0.4 is 19.5 Å². The fourth-order valence-electron chi connectivity index (χ4n) is 3.42. The molecule has 1 N–H and O–H groups in total. The molecule has 0 unspecified atom stereocenters. The highest BCUT2D eigenvalue weighted by Crippen LogP contribution is 2.46. The fraction of sp³-hybridized carbons (Fsp3) is 0.474. The number of fused-ring (bicyclic) bond motifs is 1. The molecule has 0 saturated carbocycles. The van der Waals surface area contributed by atoms with E-state index in [-0.39, 0.29) is 22.8 Å². The average molecular weight is 421 g/mol. The van der Waals surface area contributed by atoms with Gasteiger partial charge in [0, 0.05) is 10.9 Å². The van der Waals surface area contributed by atoms with Crippen LogP contribution in [-0.2, 0) is 12.8 Å². The number of ether oxygens (including phenoxy) is 3. The Morgan fingerprint density at radius 2 is 1.79 bits per heavy atom. The van der Waals surface area contributed by atoms with Gasteiger partial charge in [0.2, 0.25) is 11.5 Å². The molecule has 1 aliphatic carbocycles. The van der Waals surface area contributed by atoms with Crippen molar-refractivity contribution in [3.8, 4) is 17.2 Å². The Bertz CT molecular complexity index is 902. The molecule has 1 amide bonds. The van der Waals surface area contributed by atoms with Gasteiger partial charge in [0.25, 0.3) is 5.91 Å². The van der Waals surface area contributed by atoms with Crippen LogP contribution in [0, 0.1) is 10.1 Å². The van der Waals surface area contributed by atoms with Gasteiger partial charge in [-0.1, -0.05) is 12.8 Å². The van der Waals surface area contributed by atoms with Crippen molar-refractivity contribution in [2.45, 2.75) is 38.5 Å². The lowest BCUT2D eigenvalue weighted by molar-refractivity contribution is -0.386. The highest BCUT2D eigenvalue weighted by atomic mass is 32.1. The second-order valence-corrected chi connectivity index (χ2v) is 7.64. The normalized spacial score (nSPS) is 13.6. The first-order valence-electron chi connectivity index (χ1n) is 9.27. The fourth-order valence-corrected chi connectivity index (χ4v) is 4.46. The molecule has 1 heterocycles. The van der Waals surface area contributed by atoms with E-state index in [1.807, 2.05) is 0 Å². The van der Waals surface area contributed by atoms with Gasteiger partial charge in [-0.2, -0.15) is 0 Å². The molecular weight excluding hydrogens is 398 g/mol. The first-order chi connectivity index (χ1) is 14.0. The molecule has 1 aromatic carbocycles. The Labute approximate surface area is 172 Å². The Kier molecular flexibility index (Phi) is 6.53. The lowest BCUT2D eigenvalue weighted by atomic mass is 10.0. The number of thiazole rings is 1. The number of nitrogens with zero attached hydrogens (tertiary/aromatic N) is 2. The highest BCUT2D eigenvalue weighted by Gasteiger charge is 2.33. The zero-order chi connectivity index (χ0) is 21.0. The lowest BCUT2D eigenvalue weighted by Crippen LogP contribution is -2.15. The van der Waals surface area contributed by atoms with E-state index in [1.54, 1.807) is 0 Å². The molecule has 10 heteroatoms. The second-order valence-electron chi connectivity index (χ2n) is 6.56. The van der Waals surface area contributed by atoms with Crippen LogP contribution in [0.1, 0.15) is 46.6 Å². The predicted molar refractivity (Wildman–Crippen MR) is 109 cm³/mol. The minimum atomic E-state index is -0.670. The van der Waals surface area contributed by atoms with Crippen LogP contribution in [0.3, 0.4) is 0 Å². The molecule has 3 rings (SSSR count). The van der Waals surface area contributed by atoms with E-state index in [9.17, 15) is 14.9 Å². The van der Waals surface area contributed by atoms with Crippen LogP contribution in [-0.4, -0.2) is 37.1 Å². The standard InChI is InChI=1S/C19H23N3O6S/c1-26-13-10-11(15(22(24)25)17(28-3)16(13)27-2)18(23)21-19-20-12-8-6-4-5-7-9-14(12)29-19/h10H,4-9H2,1-3H3,(H,20,21,23). The number of methoxy groups -OCH3 is 3. The largest absolute Gasteiger partial charge is 0.493 e. The number of carbonyl (C=O) groups excluding carboxylic acids is 1. The Morgan fingerprint density at radius 1 is 1.10 bits per heavy atom. The Morgan fingerprint density at radius 3 is 2.41 bits per heavy atom. The summed E-state index contributed by atoms with van der Waals surface area (Å²) in [5.74, 6) is -0.618. The second kappa shape index (κ2) is 9.08. The quantitative estimate of drug-likeness (QED) is 0.554. The predicted octanol–water partition coefficient (Wildman–Crippen LogP) is 3.99. The molecule has 0 fully saturated rings. The number of hydrogen-bond donors (Lipinski definition) is 1. The summed E-state index contributed by atoms with van der Waals surface area (Å²) in [6, 6.07) is 1.28. The number of rotatable bonds is 6. The SMILES string of the molecule is COc1cc(C(=O)Nc2nc3c(s2)CCCCCC3)c([N+](=O)[O-])c(OC)c1OC. The van der Waals surface area contributed by atoms with E-state index in [2.05, 4.69) is 10.3 Å². The smallest absolute Gasteiger partial charge is 0.327 e. The number of nitro benzene ring substituents is 1. The molecule has 29 heavy (non-hydrogen) atoms. The summed E-state index contributed by atoms with van der Waals surface area (Å²) in [7, 11) is 3.99. The summed E-state index contributed by atoms with van der Waals surface area (Å²) < 4.78 is 15.6. The number of amides is 1. The number of nitro groups is 1. The zero-order valence-electron chi connectivity index (χ0n) is 16.6. The molecular formula is C19H23N3O6S. The molecule has 0 saturated heterocycles. The number of benzene rings is 1. The van der Waals surface area contributed by atoms with Crippen LogP contribution >= 0.6 is 11.3 Å². The summed E-state index contributed by atoms with van der Waals surface area (Å²) in [5, 5.41) is 14.8. The van der Waals surface area contributed by atoms with Gasteiger partial charge in [-0.3, -0.25) is 20.2 Å². The van der Waals surface area contributed by atoms with Gasteiger partial charge in [-0.05, 0) is 25.7 Å². The van der Waals surface area contributed by atoms with Crippen molar-refractivity contribution in [2.24, 2.45) is 0 Å². The molecule has 0 aliphatic heterocycles. The van der Waals surface area contributed by atoms with Crippen LogP contribution in [0.4, 0.5) is 10.8 Å². The van der Waals surface area contributed by atoms with Gasteiger partial charge in [-0.25, -0.2) is 4.98 Å². The topological polar surface area (TPSA) is 113 Å². The van der Waals surface area contributed by atoms with E-state index in [0.29, 0.717) is 5.13 Å². The minimum Gasteiger partial charge on any atom is -0.493 e. The summed E-state index contributed by atoms with van der Waals surface area (Å²) in [5.41, 5.74) is 0.328. The monoisotopic (exact) mass is 421 g/mol. The van der Waals surface area contributed by atoms with Crippen LogP contribution in [0.25, 0.3) is 0 Å². The Balaban J connectivity index is 1.98. The van der Waals surface area contributed by atoms with Crippen molar-refractivity contribution in [2.75, 3.05) is 26.6 Å². The Hall–Kier alpha value is -2.88. The van der Waals surface area contributed by atoms with Crippen molar-refractivity contribution in [3.05, 3.63) is 32.3 Å². The van der Waals surface area contributed by atoms with E-state index in [4.69, 9.17) is 14.2 Å². The molecule has 156 valence electrons. The van der Waals surface area contributed by atoms with Gasteiger partial charge in [0.1, 0.15) is 5.56 Å². The lowest BCUT2D eigenvalue weighted by Gasteiger charge is -2.14. The summed E-state index contributed by atoms with van der Waals surface area (Å²) in [6.07, 6.45) is 6.36. The molecule has 1 aliphatic rings. The van der Waals surface area contributed by atoms with Crippen LogP contribution in [0.5, 0.6) is 17.2 Å². The number of carbonyl (C=O) groups is 1. The van der Waals surface area contributed by atoms with Gasteiger partial charge in [-0.15, -0.1) is 11.3 Å². The number of aromatic nitrogens is 1. The molecule has 2 aromatic rings. The molecule has 1 aromatic heterocycles. The number of nitrogens with one attached hydrogen (secondary N) is 1. The van der Waals surface area contributed by atoms with Crippen molar-refractivity contribution < 1.29 is 23.9 Å². The van der Waals surface area contributed by atoms with Crippen LogP contribution in [0.15, 0.2) is 6.07 Å². The van der Waals surface area contributed by atoms with Crippen molar-refractivity contribution in [1.29, 1.82) is 0 Å². The molecule has 0 spiro atoms. The molecule has 0 bridgehead atoms. The third-order valence-electron chi connectivity index (χ3n) is 4.80. The first kappa shape index (κ1) is 20.8. The summed E-state index contributed by atoms with van der Waals surface area (Å²) in [6.45, 7) is 0. The maximum Gasteiger partial charge on any atom is 0.327 e. The maximum absolute atomic E-state index is 12.9. The first-order valence-corrected chi connectivity index (χ1v) is 10.1. The zero-order valence-corrected chi connectivity index (χ0v) is 17.4. The van der Waals surface area contributed by atoms with Crippen molar-refractivity contribution >= 4 is 28.1 Å². The number of hydrogen-bond acceptors (Lipinski definition) is 8. The van der Waals surface area contributed by atoms with E-state index in [1.165, 1.54) is 56.5 Å². The maximum atomic E-state index is 12.9. The van der Waals surface area contributed by atoms with Crippen molar-refractivity contribution in [3.63, 3.8) is 0 Å². The third-order valence-corrected chi connectivity index (χ3v) is 5.87. The average Bonchev–Trinajstić information content (AvgIpc) is 3.06. The summed E-state index contributed by atoms with van der Waals surface area (Å²) in [4.78, 5) is 29.7. The van der Waals surface area contributed by atoms with Gasteiger partial charge in [0.15, 0.2) is 10.9 Å². The number of anilines is 1. The number of aryl methyl sites for hydroxylation is 2. The highest BCUT2D eigenvalue weighted by molar-refractivity contribution is 7.15. The molecule has 0 atom stereocenters. The van der Waals surface area contributed by atoms with E-state index >= 15 is 0 Å². The molecule has 9 nitrogen and oxygen atoms in total. The molecule has 0 radical (unpaired) electrons. The van der Waals surface area contributed by atoms with E-state index in [0.717, 1.165) is 31.4 Å². The van der Waals surface area contributed by atoms with Gasteiger partial charge < -0.3 is 14.2 Å². The third kappa shape index (κ3) is 4.26. The van der Waals surface area contributed by atoms with Gasteiger partial charge >= 0.3 is 5.69 Å². The van der Waals surface area contributed by atoms with Gasteiger partial charge in [0.05, 0.1) is 31.9 Å².